The molecule has 0 aliphatic rings. The Bertz CT molecular complexity index is 1380. The summed E-state index contributed by atoms with van der Waals surface area (Å²) >= 11 is 0. The molecule has 3 aromatic rings. The van der Waals surface area contributed by atoms with Gasteiger partial charge in [0, 0.05) is 19.2 Å². The van der Waals surface area contributed by atoms with Gasteiger partial charge in [0.05, 0.1) is 24.8 Å². The Labute approximate surface area is 230 Å². The second kappa shape index (κ2) is 13.1. The second-order valence-corrected chi connectivity index (χ2v) is 10.8. The number of nitrogens with one attached hydrogen (secondary N) is 1. The van der Waals surface area contributed by atoms with Crippen LogP contribution in [0.2, 0.25) is 0 Å². The van der Waals surface area contributed by atoms with Crippen molar-refractivity contribution >= 4 is 27.5 Å². The topological polar surface area (TPSA) is 105 Å². The smallest absolute Gasteiger partial charge is 0.264 e. The minimum Gasteiger partial charge on any atom is -0.493 e. The van der Waals surface area contributed by atoms with E-state index in [4.69, 9.17) is 9.47 Å². The Balaban J connectivity index is 2.07. The monoisotopic (exact) mass is 553 g/mol. The Morgan fingerprint density at radius 3 is 2.15 bits per heavy atom. The van der Waals surface area contributed by atoms with Crippen LogP contribution in [0.25, 0.3) is 0 Å². The van der Waals surface area contributed by atoms with Gasteiger partial charge in [-0.15, -0.1) is 0 Å². The molecule has 9 nitrogen and oxygen atoms in total. The second-order valence-electron chi connectivity index (χ2n) is 8.94. The number of nitrogens with zero attached hydrogens (tertiary/aromatic N) is 2. The number of likely N-dealkylation sites (N-methyl/N-ethyl adjacent to an activating group) is 1. The van der Waals surface area contributed by atoms with E-state index in [1.165, 1.54) is 37.3 Å². The number of methoxy groups -OCH3 is 2. The highest BCUT2D eigenvalue weighted by Crippen LogP contribution is 2.34. The minimum absolute atomic E-state index is 0.0226. The van der Waals surface area contributed by atoms with Crippen molar-refractivity contribution in [2.75, 3.05) is 31.6 Å². The van der Waals surface area contributed by atoms with Crippen LogP contribution in [0.5, 0.6) is 11.5 Å². The third-order valence-corrected chi connectivity index (χ3v) is 8.05. The number of aryl methyl sites for hydroxylation is 1. The maximum absolute atomic E-state index is 13.9. The summed E-state index contributed by atoms with van der Waals surface area (Å²) in [6.07, 6.45) is 0. The van der Waals surface area contributed by atoms with Gasteiger partial charge in [-0.2, -0.15) is 0 Å². The van der Waals surface area contributed by atoms with Crippen LogP contribution in [-0.4, -0.2) is 58.5 Å². The third-order valence-electron chi connectivity index (χ3n) is 6.26. The summed E-state index contributed by atoms with van der Waals surface area (Å²) in [5.41, 5.74) is 2.08. The first-order valence-electron chi connectivity index (χ1n) is 12.5. The van der Waals surface area contributed by atoms with Gasteiger partial charge in [-0.05, 0) is 50.6 Å². The van der Waals surface area contributed by atoms with Crippen LogP contribution in [0.1, 0.15) is 25.0 Å². The number of rotatable bonds is 12. The molecule has 10 heteroatoms. The summed E-state index contributed by atoms with van der Waals surface area (Å²) in [6.45, 7) is 5.37. The van der Waals surface area contributed by atoms with Crippen molar-refractivity contribution < 1.29 is 27.5 Å². The summed E-state index contributed by atoms with van der Waals surface area (Å²) in [7, 11) is -1.25. The number of hydrogen-bond donors (Lipinski definition) is 1. The Kier molecular flexibility index (Phi) is 9.95. The number of amides is 2. The van der Waals surface area contributed by atoms with Crippen molar-refractivity contribution in [2.45, 2.75) is 38.3 Å². The molecular formula is C29H35N3O6S. The number of benzene rings is 3. The molecule has 0 saturated heterocycles. The third kappa shape index (κ3) is 7.08. The molecule has 0 saturated carbocycles. The molecule has 1 N–H and O–H groups in total. The first-order chi connectivity index (χ1) is 18.6. The molecule has 208 valence electrons. The van der Waals surface area contributed by atoms with E-state index in [1.54, 1.807) is 44.2 Å². The fraction of sp³-hybridized carbons (Fsp3) is 0.310. The molecule has 2 amide bonds. The van der Waals surface area contributed by atoms with Gasteiger partial charge in [0.25, 0.3) is 10.0 Å². The SMILES string of the molecule is CCNC(=O)[C@H](C)N(Cc1ccc(C)cc1)C(=O)CN(c1ccc(OC)c(OC)c1)S(=O)(=O)c1ccccc1. The fourth-order valence-corrected chi connectivity index (χ4v) is 5.45. The lowest BCUT2D eigenvalue weighted by molar-refractivity contribution is -0.139. The normalized spacial score (nSPS) is 11.8. The number of ether oxygens (including phenoxy) is 2. The summed E-state index contributed by atoms with van der Waals surface area (Å²) in [6, 6.07) is 19.3. The number of carbonyl (C=O) groups excluding carboxylic acids is 2. The van der Waals surface area contributed by atoms with E-state index < -0.39 is 28.5 Å². The summed E-state index contributed by atoms with van der Waals surface area (Å²) < 4.78 is 39.4. The van der Waals surface area contributed by atoms with E-state index in [0.29, 0.717) is 18.0 Å². The van der Waals surface area contributed by atoms with Crippen molar-refractivity contribution in [3.8, 4) is 11.5 Å². The lowest BCUT2D eigenvalue weighted by Gasteiger charge is -2.32. The number of sulfonamides is 1. The molecule has 0 bridgehead atoms. The molecule has 0 unspecified atom stereocenters. The van der Waals surface area contributed by atoms with Crippen molar-refractivity contribution in [3.63, 3.8) is 0 Å². The molecule has 0 aliphatic carbocycles. The lowest BCUT2D eigenvalue weighted by atomic mass is 10.1. The average molecular weight is 554 g/mol. The Morgan fingerprint density at radius 1 is 0.923 bits per heavy atom. The van der Waals surface area contributed by atoms with Gasteiger partial charge >= 0.3 is 0 Å². The first-order valence-corrected chi connectivity index (χ1v) is 14.0. The predicted octanol–water partition coefficient (Wildman–Crippen LogP) is 3.76. The number of carbonyl (C=O) groups is 2. The largest absolute Gasteiger partial charge is 0.493 e. The summed E-state index contributed by atoms with van der Waals surface area (Å²) in [5, 5.41) is 2.75. The van der Waals surface area contributed by atoms with Gasteiger partial charge in [0.2, 0.25) is 11.8 Å². The van der Waals surface area contributed by atoms with Crippen molar-refractivity contribution in [2.24, 2.45) is 0 Å². The maximum Gasteiger partial charge on any atom is 0.264 e. The molecule has 0 aromatic heterocycles. The highest BCUT2D eigenvalue weighted by atomic mass is 32.2. The van der Waals surface area contributed by atoms with Crippen molar-refractivity contribution in [1.82, 2.24) is 10.2 Å². The molecule has 1 atom stereocenters. The van der Waals surface area contributed by atoms with Crippen LogP contribution >= 0.6 is 0 Å². The molecule has 3 rings (SSSR count). The van der Waals surface area contributed by atoms with E-state index in [0.717, 1.165) is 15.4 Å². The zero-order chi connectivity index (χ0) is 28.6. The standard InChI is InChI=1S/C29H35N3O6S/c1-6-30-29(34)22(3)31(19-23-14-12-21(2)13-15-23)28(33)20-32(39(35,36)25-10-8-7-9-11-25)24-16-17-26(37-4)27(18-24)38-5/h7-18,22H,6,19-20H2,1-5H3,(H,30,34)/t22-/m0/s1. The molecule has 3 aromatic carbocycles. The molecule has 0 radical (unpaired) electrons. The van der Waals surface area contributed by atoms with Crippen LogP contribution < -0.4 is 19.1 Å². The first kappa shape index (κ1) is 29.5. The molecule has 0 fully saturated rings. The van der Waals surface area contributed by atoms with E-state index in [2.05, 4.69) is 5.32 Å². The summed E-state index contributed by atoms with van der Waals surface area (Å²) in [4.78, 5) is 28.1. The molecule has 39 heavy (non-hydrogen) atoms. The number of anilines is 1. The van der Waals surface area contributed by atoms with Gasteiger partial charge in [-0.25, -0.2) is 8.42 Å². The van der Waals surface area contributed by atoms with E-state index in [-0.39, 0.29) is 23.0 Å². The predicted molar refractivity (Wildman–Crippen MR) is 150 cm³/mol. The lowest BCUT2D eigenvalue weighted by Crippen LogP contribution is -2.51. The average Bonchev–Trinajstić information content (AvgIpc) is 2.95. The van der Waals surface area contributed by atoms with Crippen LogP contribution in [0.15, 0.2) is 77.7 Å². The van der Waals surface area contributed by atoms with Gasteiger partial charge in [-0.1, -0.05) is 48.0 Å². The quantitative estimate of drug-likeness (QED) is 0.366. The molecular weight excluding hydrogens is 518 g/mol. The highest BCUT2D eigenvalue weighted by Gasteiger charge is 2.32. The molecule has 0 spiro atoms. The zero-order valence-corrected chi connectivity index (χ0v) is 23.7. The van der Waals surface area contributed by atoms with Crippen LogP contribution in [0.3, 0.4) is 0 Å². The van der Waals surface area contributed by atoms with Crippen LogP contribution in [0, 0.1) is 6.92 Å². The van der Waals surface area contributed by atoms with Gasteiger partial charge in [-0.3, -0.25) is 13.9 Å². The van der Waals surface area contributed by atoms with E-state index in [1.807, 2.05) is 31.2 Å². The number of hydrogen-bond acceptors (Lipinski definition) is 6. The van der Waals surface area contributed by atoms with Crippen LogP contribution in [-0.2, 0) is 26.2 Å². The zero-order valence-electron chi connectivity index (χ0n) is 22.9. The Morgan fingerprint density at radius 2 is 1.56 bits per heavy atom. The molecule has 0 aliphatic heterocycles. The van der Waals surface area contributed by atoms with E-state index in [9.17, 15) is 18.0 Å². The van der Waals surface area contributed by atoms with Gasteiger partial charge in [0.1, 0.15) is 12.6 Å². The fourth-order valence-electron chi connectivity index (χ4n) is 4.02. The van der Waals surface area contributed by atoms with Crippen molar-refractivity contribution in [3.05, 3.63) is 83.9 Å². The van der Waals surface area contributed by atoms with Crippen molar-refractivity contribution in [1.29, 1.82) is 0 Å². The Hall–Kier alpha value is -4.05. The van der Waals surface area contributed by atoms with E-state index >= 15 is 0 Å². The van der Waals surface area contributed by atoms with Gasteiger partial charge < -0.3 is 19.7 Å². The maximum atomic E-state index is 13.9. The minimum atomic E-state index is -4.17. The van der Waals surface area contributed by atoms with Crippen LogP contribution in [0.4, 0.5) is 5.69 Å². The van der Waals surface area contributed by atoms with Gasteiger partial charge in [0.15, 0.2) is 11.5 Å². The summed E-state index contributed by atoms with van der Waals surface area (Å²) in [5.74, 6) is -0.149. The molecule has 0 heterocycles. The highest BCUT2D eigenvalue weighted by molar-refractivity contribution is 7.92.